The van der Waals surface area contributed by atoms with Crippen molar-refractivity contribution in [3.63, 3.8) is 0 Å². The van der Waals surface area contributed by atoms with Gasteiger partial charge in [0.05, 0.1) is 24.7 Å². The van der Waals surface area contributed by atoms with Gasteiger partial charge in [0.1, 0.15) is 16.8 Å². The molecule has 0 atom stereocenters. The van der Waals surface area contributed by atoms with E-state index in [1.165, 1.54) is 6.07 Å². The summed E-state index contributed by atoms with van der Waals surface area (Å²) in [6, 6.07) is 4.56. The van der Waals surface area contributed by atoms with Gasteiger partial charge in [-0.2, -0.15) is 0 Å². The Morgan fingerprint density at radius 2 is 2.12 bits per heavy atom. The summed E-state index contributed by atoms with van der Waals surface area (Å²) in [6.07, 6.45) is 0. The van der Waals surface area contributed by atoms with Crippen LogP contribution in [0.5, 0.6) is 5.75 Å². The monoisotopic (exact) mass is 305 g/mol. The molecule has 17 heavy (non-hydrogen) atoms. The molecule has 0 saturated carbocycles. The first kappa shape index (κ1) is 13.9. The third-order valence-electron chi connectivity index (χ3n) is 1.86. The smallest absolute Gasteiger partial charge is 0.287 e. The largest absolute Gasteiger partial charge is 0.490 e. The maximum atomic E-state index is 10.7. The van der Waals surface area contributed by atoms with Crippen molar-refractivity contribution in [1.29, 1.82) is 0 Å². The molecule has 0 aliphatic heterocycles. The van der Waals surface area contributed by atoms with Crippen LogP contribution >= 0.6 is 15.9 Å². The Balaban J connectivity index is 2.54. The predicted octanol–water partition coefficient (Wildman–Crippen LogP) is 1.75. The topological polar surface area (TPSA) is 81.8 Å². The zero-order chi connectivity index (χ0) is 12.7. The summed E-state index contributed by atoms with van der Waals surface area (Å²) < 4.78 is 10.6. The Kier molecular flexibility index (Phi) is 5.88. The molecule has 0 aliphatic rings. The molecule has 7 heteroatoms. The SMILES string of the molecule is O=[N+]([O-])c1cccc(OCCOCCO)c1Br. The first-order valence-corrected chi connectivity index (χ1v) is 5.70. The van der Waals surface area contributed by atoms with Crippen LogP contribution < -0.4 is 4.74 Å². The quantitative estimate of drug-likeness (QED) is 0.471. The first-order valence-electron chi connectivity index (χ1n) is 4.91. The number of nitrogens with zero attached hydrogens (tertiary/aromatic N) is 1. The van der Waals surface area contributed by atoms with E-state index in [2.05, 4.69) is 15.9 Å². The van der Waals surface area contributed by atoms with Crippen LogP contribution in [0.4, 0.5) is 5.69 Å². The lowest BCUT2D eigenvalue weighted by molar-refractivity contribution is -0.385. The van der Waals surface area contributed by atoms with E-state index in [0.29, 0.717) is 16.8 Å². The second-order valence-electron chi connectivity index (χ2n) is 3.03. The summed E-state index contributed by atoms with van der Waals surface area (Å²) in [5.74, 6) is 0.395. The molecule has 0 amide bonds. The van der Waals surface area contributed by atoms with Crippen molar-refractivity contribution >= 4 is 21.6 Å². The van der Waals surface area contributed by atoms with Gasteiger partial charge in [-0.05, 0) is 22.0 Å². The van der Waals surface area contributed by atoms with Gasteiger partial charge < -0.3 is 14.6 Å². The minimum Gasteiger partial charge on any atom is -0.490 e. The summed E-state index contributed by atoms with van der Waals surface area (Å²) in [6.45, 7) is 0.787. The molecule has 0 radical (unpaired) electrons. The molecule has 0 aliphatic carbocycles. The molecule has 1 rings (SSSR count). The van der Waals surface area contributed by atoms with Crippen LogP contribution in [0.3, 0.4) is 0 Å². The second-order valence-corrected chi connectivity index (χ2v) is 3.82. The summed E-state index contributed by atoms with van der Waals surface area (Å²) in [5.41, 5.74) is -0.0428. The summed E-state index contributed by atoms with van der Waals surface area (Å²) in [5, 5.41) is 19.1. The van der Waals surface area contributed by atoms with Gasteiger partial charge in [0, 0.05) is 6.07 Å². The second kappa shape index (κ2) is 7.21. The molecule has 0 fully saturated rings. The van der Waals surface area contributed by atoms with Crippen molar-refractivity contribution in [3.05, 3.63) is 32.8 Å². The van der Waals surface area contributed by atoms with E-state index < -0.39 is 4.92 Å². The number of halogens is 1. The fourth-order valence-corrected chi connectivity index (χ4v) is 1.65. The van der Waals surface area contributed by atoms with Gasteiger partial charge in [0.2, 0.25) is 0 Å². The molecule has 0 spiro atoms. The molecule has 0 heterocycles. The Hall–Kier alpha value is -1.18. The van der Waals surface area contributed by atoms with Gasteiger partial charge in [-0.1, -0.05) is 6.07 Å². The molecule has 6 nitrogen and oxygen atoms in total. The average Bonchev–Trinajstić information content (AvgIpc) is 2.30. The van der Waals surface area contributed by atoms with E-state index in [4.69, 9.17) is 14.6 Å². The zero-order valence-corrected chi connectivity index (χ0v) is 10.6. The average molecular weight is 306 g/mol. The minimum absolute atomic E-state index is 0.0412. The number of aliphatic hydroxyl groups is 1. The normalized spacial score (nSPS) is 10.2. The van der Waals surface area contributed by atoms with E-state index in [0.717, 1.165) is 0 Å². The highest BCUT2D eigenvalue weighted by atomic mass is 79.9. The van der Waals surface area contributed by atoms with Crippen molar-refractivity contribution in [2.45, 2.75) is 0 Å². The molecule has 0 aromatic heterocycles. The van der Waals surface area contributed by atoms with Crippen LogP contribution in [0.15, 0.2) is 22.7 Å². The van der Waals surface area contributed by atoms with Gasteiger partial charge >= 0.3 is 0 Å². The van der Waals surface area contributed by atoms with Crippen molar-refractivity contribution in [2.24, 2.45) is 0 Å². The Morgan fingerprint density at radius 1 is 1.35 bits per heavy atom. The van der Waals surface area contributed by atoms with Crippen LogP contribution in [0.25, 0.3) is 0 Å². The number of nitro groups is 1. The van der Waals surface area contributed by atoms with Gasteiger partial charge in [-0.15, -0.1) is 0 Å². The van der Waals surface area contributed by atoms with Gasteiger partial charge in [0.15, 0.2) is 0 Å². The third-order valence-corrected chi connectivity index (χ3v) is 2.66. The molecule has 1 N–H and O–H groups in total. The molecule has 1 aromatic rings. The third kappa shape index (κ3) is 4.29. The molecule has 0 bridgehead atoms. The molecule has 0 saturated heterocycles. The highest BCUT2D eigenvalue weighted by molar-refractivity contribution is 9.10. The number of hydrogen-bond acceptors (Lipinski definition) is 5. The lowest BCUT2D eigenvalue weighted by Crippen LogP contribution is -2.09. The van der Waals surface area contributed by atoms with E-state index in [1.807, 2.05) is 0 Å². The van der Waals surface area contributed by atoms with Crippen molar-refractivity contribution in [2.75, 3.05) is 26.4 Å². The van der Waals surface area contributed by atoms with Crippen LogP contribution in [0, 0.1) is 10.1 Å². The number of benzene rings is 1. The van der Waals surface area contributed by atoms with Crippen LogP contribution in [-0.4, -0.2) is 36.5 Å². The number of nitro benzene ring substituents is 1. The zero-order valence-electron chi connectivity index (χ0n) is 8.97. The van der Waals surface area contributed by atoms with E-state index >= 15 is 0 Å². The standard InChI is InChI=1S/C10H12BrNO5/c11-10-8(12(14)15)2-1-3-9(10)17-7-6-16-5-4-13/h1-3,13H,4-7H2. The van der Waals surface area contributed by atoms with Crippen molar-refractivity contribution < 1.29 is 19.5 Å². The maximum absolute atomic E-state index is 10.7. The molecular weight excluding hydrogens is 294 g/mol. The van der Waals surface area contributed by atoms with E-state index in [9.17, 15) is 10.1 Å². The van der Waals surface area contributed by atoms with E-state index in [1.54, 1.807) is 12.1 Å². The van der Waals surface area contributed by atoms with Gasteiger partial charge in [-0.25, -0.2) is 0 Å². The molecule has 1 aromatic carbocycles. The summed E-state index contributed by atoms with van der Waals surface area (Å²) >= 11 is 3.12. The lowest BCUT2D eigenvalue weighted by atomic mass is 10.3. The van der Waals surface area contributed by atoms with Crippen LogP contribution in [-0.2, 0) is 4.74 Å². The highest BCUT2D eigenvalue weighted by Gasteiger charge is 2.15. The Morgan fingerprint density at radius 3 is 2.76 bits per heavy atom. The van der Waals surface area contributed by atoms with E-state index in [-0.39, 0.29) is 25.5 Å². The minimum atomic E-state index is -0.487. The summed E-state index contributed by atoms with van der Waals surface area (Å²) in [4.78, 5) is 10.2. The number of rotatable bonds is 7. The molecular formula is C10H12BrNO5. The van der Waals surface area contributed by atoms with Gasteiger partial charge in [-0.3, -0.25) is 10.1 Å². The Labute approximate surface area is 106 Å². The molecule has 0 unspecified atom stereocenters. The van der Waals surface area contributed by atoms with Gasteiger partial charge in [0.25, 0.3) is 5.69 Å². The predicted molar refractivity (Wildman–Crippen MR) is 64.2 cm³/mol. The fourth-order valence-electron chi connectivity index (χ4n) is 1.13. The van der Waals surface area contributed by atoms with Crippen LogP contribution in [0.1, 0.15) is 0 Å². The highest BCUT2D eigenvalue weighted by Crippen LogP contribution is 2.33. The Bertz CT molecular complexity index is 385. The lowest BCUT2D eigenvalue weighted by Gasteiger charge is -2.08. The number of aliphatic hydroxyl groups excluding tert-OH is 1. The first-order chi connectivity index (χ1) is 8.16. The fraction of sp³-hybridized carbons (Fsp3) is 0.400. The van der Waals surface area contributed by atoms with Crippen molar-refractivity contribution in [3.8, 4) is 5.75 Å². The summed E-state index contributed by atoms with van der Waals surface area (Å²) in [7, 11) is 0. The van der Waals surface area contributed by atoms with Crippen LogP contribution in [0.2, 0.25) is 0 Å². The maximum Gasteiger partial charge on any atom is 0.287 e. The molecule has 94 valence electrons. The van der Waals surface area contributed by atoms with Crippen molar-refractivity contribution in [1.82, 2.24) is 0 Å². The number of hydrogen-bond donors (Lipinski definition) is 1. The number of ether oxygens (including phenoxy) is 2.